The van der Waals surface area contributed by atoms with E-state index in [2.05, 4.69) is 43.6 Å². The number of rotatable bonds is 7. The van der Waals surface area contributed by atoms with Gasteiger partial charge in [-0.2, -0.15) is 0 Å². The number of hydrogen-bond donors (Lipinski definition) is 1. The van der Waals surface area contributed by atoms with Gasteiger partial charge in [0.1, 0.15) is 6.17 Å². The first kappa shape index (κ1) is 16.5. The van der Waals surface area contributed by atoms with E-state index < -0.39 is 0 Å². The van der Waals surface area contributed by atoms with Crippen LogP contribution >= 0.6 is 11.3 Å². The highest BCUT2D eigenvalue weighted by molar-refractivity contribution is 7.10. The summed E-state index contributed by atoms with van der Waals surface area (Å²) in [5, 5.41) is 5.51. The van der Waals surface area contributed by atoms with E-state index in [0.717, 1.165) is 6.54 Å². The van der Waals surface area contributed by atoms with Crippen molar-refractivity contribution in [3.63, 3.8) is 0 Å². The second-order valence-corrected chi connectivity index (χ2v) is 7.87. The molecule has 2 heterocycles. The van der Waals surface area contributed by atoms with Crippen molar-refractivity contribution in [3.05, 3.63) is 22.4 Å². The lowest BCUT2D eigenvalue weighted by molar-refractivity contribution is -0.131. The van der Waals surface area contributed by atoms with Crippen LogP contribution < -0.4 is 5.32 Å². The number of nitrogens with one attached hydrogen (secondary N) is 1. The van der Waals surface area contributed by atoms with Crippen molar-refractivity contribution in [3.8, 4) is 0 Å². The average Bonchev–Trinajstić information content (AvgIpc) is 3.03. The van der Waals surface area contributed by atoms with E-state index >= 15 is 0 Å². The van der Waals surface area contributed by atoms with Gasteiger partial charge in [0.2, 0.25) is 5.91 Å². The van der Waals surface area contributed by atoms with Gasteiger partial charge in [-0.25, -0.2) is 0 Å². The summed E-state index contributed by atoms with van der Waals surface area (Å²) in [6.45, 7) is 9.59. The summed E-state index contributed by atoms with van der Waals surface area (Å²) in [6, 6.07) is 4.09. The predicted octanol–water partition coefficient (Wildman–Crippen LogP) is 4.17. The van der Waals surface area contributed by atoms with Gasteiger partial charge >= 0.3 is 0 Å². The Morgan fingerprint density at radius 1 is 1.38 bits per heavy atom. The Kier molecular flexibility index (Phi) is 5.44. The zero-order chi connectivity index (χ0) is 15.5. The summed E-state index contributed by atoms with van der Waals surface area (Å²) >= 11 is 1.72. The van der Waals surface area contributed by atoms with Crippen molar-refractivity contribution in [1.82, 2.24) is 10.2 Å². The second kappa shape index (κ2) is 6.93. The van der Waals surface area contributed by atoms with E-state index in [1.54, 1.807) is 11.3 Å². The third-order valence-electron chi connectivity index (χ3n) is 4.24. The number of amides is 1. The van der Waals surface area contributed by atoms with E-state index in [4.69, 9.17) is 0 Å². The average molecular weight is 308 g/mol. The van der Waals surface area contributed by atoms with Crippen LogP contribution in [0.3, 0.4) is 0 Å². The fraction of sp³-hybridized carbons (Fsp3) is 0.706. The maximum absolute atomic E-state index is 12.5. The van der Waals surface area contributed by atoms with Gasteiger partial charge in [0.25, 0.3) is 0 Å². The van der Waals surface area contributed by atoms with Crippen molar-refractivity contribution in [2.75, 3.05) is 6.54 Å². The number of hydrogen-bond acceptors (Lipinski definition) is 3. The van der Waals surface area contributed by atoms with Crippen LogP contribution in [0.15, 0.2) is 17.5 Å². The highest BCUT2D eigenvalue weighted by Crippen LogP contribution is 2.33. The fourth-order valence-electron chi connectivity index (χ4n) is 3.02. The van der Waals surface area contributed by atoms with Crippen molar-refractivity contribution in [2.24, 2.45) is 5.41 Å². The minimum atomic E-state index is -0.0801. The van der Waals surface area contributed by atoms with Gasteiger partial charge in [0.05, 0.1) is 6.04 Å². The maximum Gasteiger partial charge on any atom is 0.241 e. The Bertz CT molecular complexity index is 455. The Labute approximate surface area is 132 Å². The van der Waals surface area contributed by atoms with Gasteiger partial charge in [0, 0.05) is 11.4 Å². The van der Waals surface area contributed by atoms with Crippen molar-refractivity contribution < 1.29 is 4.79 Å². The molecule has 0 saturated carbocycles. The number of carbonyl (C=O) groups excluding carboxylic acids is 1. The molecule has 0 radical (unpaired) electrons. The quantitative estimate of drug-likeness (QED) is 0.767. The molecular weight excluding hydrogens is 280 g/mol. The molecule has 21 heavy (non-hydrogen) atoms. The summed E-state index contributed by atoms with van der Waals surface area (Å²) in [5.41, 5.74) is 0.173. The molecule has 2 unspecified atom stereocenters. The van der Waals surface area contributed by atoms with Crippen LogP contribution in [0.5, 0.6) is 0 Å². The number of carbonyl (C=O) groups is 1. The lowest BCUT2D eigenvalue weighted by Crippen LogP contribution is -2.38. The maximum atomic E-state index is 12.5. The van der Waals surface area contributed by atoms with Crippen molar-refractivity contribution >= 4 is 17.2 Å². The van der Waals surface area contributed by atoms with Crippen LogP contribution in [-0.4, -0.2) is 23.4 Å². The summed E-state index contributed by atoms with van der Waals surface area (Å²) in [6.07, 6.45) is 5.00. The molecule has 0 bridgehead atoms. The van der Waals surface area contributed by atoms with Crippen molar-refractivity contribution in [2.45, 2.75) is 65.6 Å². The molecule has 3 nitrogen and oxygen atoms in total. The van der Waals surface area contributed by atoms with Gasteiger partial charge in [-0.1, -0.05) is 46.1 Å². The molecule has 0 spiro atoms. The van der Waals surface area contributed by atoms with E-state index in [-0.39, 0.29) is 23.5 Å². The summed E-state index contributed by atoms with van der Waals surface area (Å²) in [7, 11) is 0. The molecule has 4 heteroatoms. The highest BCUT2D eigenvalue weighted by atomic mass is 32.1. The minimum Gasteiger partial charge on any atom is -0.320 e. The topological polar surface area (TPSA) is 32.3 Å². The number of nitrogens with zero attached hydrogens (tertiary/aromatic N) is 1. The largest absolute Gasteiger partial charge is 0.320 e. The lowest BCUT2D eigenvalue weighted by atomic mass is 9.86. The van der Waals surface area contributed by atoms with Gasteiger partial charge in [-0.15, -0.1) is 11.3 Å². The zero-order valence-corrected chi connectivity index (χ0v) is 14.5. The molecule has 1 amide bonds. The molecule has 2 atom stereocenters. The van der Waals surface area contributed by atoms with E-state index in [0.29, 0.717) is 0 Å². The molecule has 118 valence electrons. The van der Waals surface area contributed by atoms with Crippen LogP contribution in [0.25, 0.3) is 0 Å². The van der Waals surface area contributed by atoms with Crippen LogP contribution in [0.4, 0.5) is 0 Å². The SMILES string of the molecule is CCCCCC(C)(C)CN1C(=O)C(C)NC1c1cccs1. The van der Waals surface area contributed by atoms with Crippen LogP contribution in [0.1, 0.15) is 64.4 Å². The molecule has 1 aliphatic rings. The Hall–Kier alpha value is -0.870. The fourth-order valence-corrected chi connectivity index (χ4v) is 3.82. The third-order valence-corrected chi connectivity index (χ3v) is 5.17. The molecule has 2 rings (SSSR count). The summed E-state index contributed by atoms with van der Waals surface area (Å²) in [4.78, 5) is 15.8. The minimum absolute atomic E-state index is 0.0537. The van der Waals surface area contributed by atoms with Gasteiger partial charge < -0.3 is 4.90 Å². The third kappa shape index (κ3) is 4.07. The monoisotopic (exact) mass is 308 g/mol. The van der Waals surface area contributed by atoms with Gasteiger partial charge in [0.15, 0.2) is 0 Å². The van der Waals surface area contributed by atoms with Gasteiger partial charge in [-0.05, 0) is 30.2 Å². The van der Waals surface area contributed by atoms with Gasteiger partial charge in [-0.3, -0.25) is 10.1 Å². The molecular formula is C17H28N2OS. The standard InChI is InChI=1S/C17H28N2OS/c1-5-6-7-10-17(3,4)12-19-15(14-9-8-11-21-14)18-13(2)16(19)20/h8-9,11,13,15,18H,5-7,10,12H2,1-4H3. The molecule has 1 aromatic heterocycles. The molecule has 1 aliphatic heterocycles. The van der Waals surface area contributed by atoms with E-state index in [1.165, 1.54) is 30.6 Å². The van der Waals surface area contributed by atoms with E-state index in [9.17, 15) is 4.79 Å². The smallest absolute Gasteiger partial charge is 0.241 e. The second-order valence-electron chi connectivity index (χ2n) is 6.89. The summed E-state index contributed by atoms with van der Waals surface area (Å²) < 4.78 is 0. The Morgan fingerprint density at radius 2 is 2.14 bits per heavy atom. The molecule has 1 aromatic rings. The zero-order valence-electron chi connectivity index (χ0n) is 13.7. The Balaban J connectivity index is 2.06. The molecule has 1 saturated heterocycles. The number of thiophene rings is 1. The normalized spacial score (nSPS) is 23.0. The predicted molar refractivity (Wildman–Crippen MR) is 89.3 cm³/mol. The lowest BCUT2D eigenvalue weighted by Gasteiger charge is -2.33. The van der Waals surface area contributed by atoms with Crippen LogP contribution in [0, 0.1) is 5.41 Å². The number of unbranched alkanes of at least 4 members (excludes halogenated alkanes) is 2. The van der Waals surface area contributed by atoms with Crippen LogP contribution in [-0.2, 0) is 4.79 Å². The molecule has 0 aromatic carbocycles. The highest BCUT2D eigenvalue weighted by Gasteiger charge is 2.39. The first-order valence-electron chi connectivity index (χ1n) is 8.04. The van der Waals surface area contributed by atoms with E-state index in [1.807, 2.05) is 11.8 Å². The molecule has 0 aliphatic carbocycles. The van der Waals surface area contributed by atoms with Crippen molar-refractivity contribution in [1.29, 1.82) is 0 Å². The van der Waals surface area contributed by atoms with Crippen LogP contribution in [0.2, 0.25) is 0 Å². The molecule has 1 fully saturated rings. The Morgan fingerprint density at radius 3 is 2.76 bits per heavy atom. The first-order valence-corrected chi connectivity index (χ1v) is 8.92. The first-order chi connectivity index (χ1) is 9.94. The molecule has 1 N–H and O–H groups in total. The summed E-state index contributed by atoms with van der Waals surface area (Å²) in [5.74, 6) is 0.233.